The topological polar surface area (TPSA) is 64.6 Å². The maximum absolute atomic E-state index is 13.1. The van der Waals surface area contributed by atoms with E-state index in [-0.39, 0.29) is 11.8 Å². The van der Waals surface area contributed by atoms with Crippen molar-refractivity contribution in [2.24, 2.45) is 11.8 Å². The highest BCUT2D eigenvalue weighted by molar-refractivity contribution is 6.95. The zero-order chi connectivity index (χ0) is 22.6. The van der Waals surface area contributed by atoms with Crippen LogP contribution in [0.2, 0.25) is 13.1 Å². The van der Waals surface area contributed by atoms with Gasteiger partial charge in [0.25, 0.3) is 0 Å². The summed E-state index contributed by atoms with van der Waals surface area (Å²) >= 11 is 0. The molecule has 0 aliphatic heterocycles. The van der Waals surface area contributed by atoms with E-state index in [4.69, 9.17) is 9.47 Å². The summed E-state index contributed by atoms with van der Waals surface area (Å²) in [7, 11) is -0.814. The highest BCUT2D eigenvalue weighted by Gasteiger charge is 2.52. The average Bonchev–Trinajstić information content (AvgIpc) is 2.63. The fourth-order valence-corrected chi connectivity index (χ4v) is 6.42. The number of carbonyl (C=O) groups excluding carboxylic acids is 2. The van der Waals surface area contributed by atoms with Gasteiger partial charge in [0, 0.05) is 5.92 Å². The third-order valence-corrected chi connectivity index (χ3v) is 9.46. The second-order valence-electron chi connectivity index (χ2n) is 9.38. The van der Waals surface area contributed by atoms with Gasteiger partial charge in [-0.3, -0.25) is 0 Å². The Morgan fingerprint density at radius 3 is 2.00 bits per heavy atom. The summed E-state index contributed by atoms with van der Waals surface area (Å²) in [4.78, 5) is 25.8. The van der Waals surface area contributed by atoms with Crippen LogP contribution in [0.3, 0.4) is 0 Å². The number of rotatable bonds is 7. The Kier molecular flexibility index (Phi) is 7.88. The van der Waals surface area contributed by atoms with E-state index in [9.17, 15) is 9.59 Å². The molecule has 1 aromatic rings. The lowest BCUT2D eigenvalue weighted by Crippen LogP contribution is -2.65. The molecule has 0 aliphatic rings. The molecule has 0 heterocycles. The molecular weight excluding hydrogens is 382 g/mol. The zero-order valence-electron chi connectivity index (χ0n) is 19.4. The molecule has 162 valence electrons. The Hall–Kier alpha value is -2.08. The number of methoxy groups -OCH3 is 1. The number of nitrogens with one attached hydrogen (secondary N) is 1. The van der Waals surface area contributed by atoms with E-state index in [2.05, 4.69) is 37.1 Å². The summed E-state index contributed by atoms with van der Waals surface area (Å²) in [6, 6.07) is 10.2. The second kappa shape index (κ2) is 9.16. The molecular formula is C23H37NO4Si. The van der Waals surface area contributed by atoms with Crippen LogP contribution in [-0.4, -0.2) is 38.4 Å². The third-order valence-electron chi connectivity index (χ3n) is 5.65. The molecule has 1 amide bonds. The molecule has 6 heteroatoms. The van der Waals surface area contributed by atoms with Gasteiger partial charge in [0.15, 0.2) is 0 Å². The predicted octanol–water partition coefficient (Wildman–Crippen LogP) is 4.43. The van der Waals surface area contributed by atoms with Crippen molar-refractivity contribution in [3.8, 4) is 0 Å². The Labute approximate surface area is 176 Å². The van der Waals surface area contributed by atoms with Gasteiger partial charge in [-0.15, -0.1) is 6.58 Å². The Balaban J connectivity index is 3.42. The van der Waals surface area contributed by atoms with Crippen LogP contribution in [0.25, 0.3) is 0 Å². The van der Waals surface area contributed by atoms with Crippen molar-refractivity contribution in [1.29, 1.82) is 0 Å². The van der Waals surface area contributed by atoms with E-state index in [1.54, 1.807) is 20.8 Å². The van der Waals surface area contributed by atoms with E-state index in [1.807, 2.05) is 39.0 Å². The summed E-state index contributed by atoms with van der Waals surface area (Å²) in [6.07, 6.45) is -0.643. The smallest absolute Gasteiger partial charge is 0.408 e. The maximum Gasteiger partial charge on any atom is 0.408 e. The molecule has 0 bridgehead atoms. The molecule has 0 saturated carbocycles. The van der Waals surface area contributed by atoms with Gasteiger partial charge >= 0.3 is 12.1 Å². The summed E-state index contributed by atoms with van der Waals surface area (Å²) < 4.78 is 10.6. The first kappa shape index (κ1) is 25.0. The van der Waals surface area contributed by atoms with Gasteiger partial charge in [-0.25, -0.2) is 9.59 Å². The summed E-state index contributed by atoms with van der Waals surface area (Å²) in [6.45, 7) is 19.9. The maximum atomic E-state index is 13.1. The fraction of sp³-hybridized carbons (Fsp3) is 0.565. The fourth-order valence-electron chi connectivity index (χ4n) is 3.71. The molecule has 29 heavy (non-hydrogen) atoms. The van der Waals surface area contributed by atoms with E-state index < -0.39 is 31.3 Å². The molecule has 1 aromatic carbocycles. The number of esters is 1. The van der Waals surface area contributed by atoms with Crippen molar-refractivity contribution in [3.05, 3.63) is 42.1 Å². The minimum Gasteiger partial charge on any atom is -0.467 e. The quantitative estimate of drug-likeness (QED) is 0.525. The standard InChI is InChI=1S/C23H37NO4Si/c1-16(2)23(20(25)27-8,24-21(26)28-22(5,6)7)17(3)18(4)29(9,10)19-14-12-11-13-15-19/h11-17H,4H2,1-3,5-10H3,(H,24,26)/t17-,23-/m1/s1. The molecule has 0 aromatic heterocycles. The van der Waals surface area contributed by atoms with Gasteiger partial charge in [0.2, 0.25) is 0 Å². The third kappa shape index (κ3) is 5.50. The van der Waals surface area contributed by atoms with Gasteiger partial charge < -0.3 is 14.8 Å². The highest BCUT2D eigenvalue weighted by Crippen LogP contribution is 2.36. The summed E-state index contributed by atoms with van der Waals surface area (Å²) in [5, 5.41) is 5.04. The van der Waals surface area contributed by atoms with Crippen LogP contribution in [0, 0.1) is 11.8 Å². The van der Waals surface area contributed by atoms with Crippen LogP contribution in [0.15, 0.2) is 42.1 Å². The van der Waals surface area contributed by atoms with Gasteiger partial charge in [0.1, 0.15) is 19.2 Å². The number of benzene rings is 1. The monoisotopic (exact) mass is 419 g/mol. The van der Waals surface area contributed by atoms with E-state index in [1.165, 1.54) is 12.3 Å². The van der Waals surface area contributed by atoms with Crippen LogP contribution in [0.5, 0.6) is 0 Å². The minimum atomic E-state index is -2.15. The van der Waals surface area contributed by atoms with Gasteiger partial charge in [-0.2, -0.15) is 0 Å². The lowest BCUT2D eigenvalue weighted by atomic mass is 9.75. The van der Waals surface area contributed by atoms with Gasteiger partial charge in [-0.05, 0) is 26.7 Å². The van der Waals surface area contributed by atoms with Crippen molar-refractivity contribution < 1.29 is 19.1 Å². The molecule has 1 N–H and O–H groups in total. The number of hydrogen-bond acceptors (Lipinski definition) is 4. The predicted molar refractivity (Wildman–Crippen MR) is 121 cm³/mol. The first-order chi connectivity index (χ1) is 13.2. The Morgan fingerprint density at radius 1 is 1.07 bits per heavy atom. The van der Waals surface area contributed by atoms with Gasteiger partial charge in [0.05, 0.1) is 7.11 Å². The Bertz CT molecular complexity index is 737. The molecule has 5 nitrogen and oxygen atoms in total. The lowest BCUT2D eigenvalue weighted by Gasteiger charge is -2.44. The zero-order valence-corrected chi connectivity index (χ0v) is 20.4. The van der Waals surface area contributed by atoms with Crippen LogP contribution in [0.4, 0.5) is 4.79 Å². The van der Waals surface area contributed by atoms with Crippen LogP contribution < -0.4 is 10.5 Å². The van der Waals surface area contributed by atoms with E-state index in [0.717, 1.165) is 5.20 Å². The number of alkyl carbamates (subject to hydrolysis) is 1. The van der Waals surface area contributed by atoms with E-state index in [0.29, 0.717) is 0 Å². The van der Waals surface area contributed by atoms with Crippen molar-refractivity contribution >= 4 is 25.3 Å². The van der Waals surface area contributed by atoms with Crippen molar-refractivity contribution in [1.82, 2.24) is 5.32 Å². The summed E-state index contributed by atoms with van der Waals surface area (Å²) in [5.41, 5.74) is -1.96. The van der Waals surface area contributed by atoms with Crippen LogP contribution in [-0.2, 0) is 14.3 Å². The highest BCUT2D eigenvalue weighted by atomic mass is 28.3. The van der Waals surface area contributed by atoms with Crippen LogP contribution in [0.1, 0.15) is 41.5 Å². The first-order valence-corrected chi connectivity index (χ1v) is 13.0. The number of carbonyl (C=O) groups is 2. The average molecular weight is 420 g/mol. The van der Waals surface area contributed by atoms with Crippen molar-refractivity contribution in [3.63, 3.8) is 0 Å². The van der Waals surface area contributed by atoms with Crippen molar-refractivity contribution in [2.45, 2.75) is 65.8 Å². The van der Waals surface area contributed by atoms with Gasteiger partial charge in [-0.1, -0.05) is 74.6 Å². The normalized spacial score (nSPS) is 15.2. The summed E-state index contributed by atoms with van der Waals surface area (Å²) in [5.74, 6) is -1.09. The second-order valence-corrected chi connectivity index (χ2v) is 13.8. The SMILES string of the molecule is C=C([C@@H](C)[C@@](NC(=O)OC(C)(C)C)(C(=O)OC)C(C)C)[Si](C)(C)c1ccccc1. The number of amides is 1. The first-order valence-electron chi connectivity index (χ1n) is 10.0. The molecule has 0 radical (unpaired) electrons. The minimum absolute atomic E-state index is 0.241. The number of ether oxygens (including phenoxy) is 2. The molecule has 0 unspecified atom stereocenters. The lowest BCUT2D eigenvalue weighted by molar-refractivity contribution is -0.152. The van der Waals surface area contributed by atoms with Crippen LogP contribution >= 0.6 is 0 Å². The Morgan fingerprint density at radius 2 is 1.59 bits per heavy atom. The molecule has 1 rings (SSSR count). The molecule has 0 fully saturated rings. The molecule has 0 aliphatic carbocycles. The van der Waals surface area contributed by atoms with E-state index >= 15 is 0 Å². The number of hydrogen-bond donors (Lipinski definition) is 1. The largest absolute Gasteiger partial charge is 0.467 e. The molecule has 0 spiro atoms. The van der Waals surface area contributed by atoms with Crippen molar-refractivity contribution in [2.75, 3.05) is 7.11 Å². The molecule has 2 atom stereocenters. The molecule has 0 saturated heterocycles.